The first kappa shape index (κ1) is 21.4. The van der Waals surface area contributed by atoms with Crippen molar-refractivity contribution in [2.75, 3.05) is 26.2 Å². The maximum atomic E-state index is 12.7. The average Bonchev–Trinajstić information content (AvgIpc) is 3.04. The number of rotatable bonds is 3. The zero-order valence-electron chi connectivity index (χ0n) is 17.6. The highest BCUT2D eigenvalue weighted by atomic mass is 16.6. The van der Waals surface area contributed by atoms with E-state index in [1.54, 1.807) is 9.80 Å². The highest BCUT2D eigenvalue weighted by molar-refractivity contribution is 5.69. The summed E-state index contributed by atoms with van der Waals surface area (Å²) < 4.78 is 10.9. The molecule has 1 aromatic rings. The van der Waals surface area contributed by atoms with Crippen molar-refractivity contribution in [1.29, 1.82) is 0 Å². The molecule has 2 saturated heterocycles. The number of aliphatic hydroxyl groups is 1. The van der Waals surface area contributed by atoms with Crippen LogP contribution in [0.15, 0.2) is 30.3 Å². The van der Waals surface area contributed by atoms with Crippen LogP contribution in [0.4, 0.5) is 9.59 Å². The zero-order chi connectivity index (χ0) is 21.1. The van der Waals surface area contributed by atoms with E-state index < -0.39 is 5.60 Å². The van der Waals surface area contributed by atoms with Gasteiger partial charge in [0, 0.05) is 19.6 Å². The first-order valence-corrected chi connectivity index (χ1v) is 10.3. The lowest BCUT2D eigenvalue weighted by atomic mass is 9.77. The van der Waals surface area contributed by atoms with Crippen molar-refractivity contribution < 1.29 is 24.2 Å². The van der Waals surface area contributed by atoms with Gasteiger partial charge in [0.25, 0.3) is 0 Å². The Morgan fingerprint density at radius 2 is 1.79 bits per heavy atom. The van der Waals surface area contributed by atoms with Gasteiger partial charge in [-0.1, -0.05) is 30.3 Å². The molecular weight excluding hydrogens is 372 g/mol. The van der Waals surface area contributed by atoms with E-state index >= 15 is 0 Å². The van der Waals surface area contributed by atoms with E-state index in [9.17, 15) is 14.7 Å². The summed E-state index contributed by atoms with van der Waals surface area (Å²) in [6, 6.07) is 9.31. The summed E-state index contributed by atoms with van der Waals surface area (Å²) in [4.78, 5) is 28.4. The molecule has 0 unspecified atom stereocenters. The second-order valence-electron chi connectivity index (χ2n) is 9.18. The first-order chi connectivity index (χ1) is 13.7. The molecule has 1 spiro atoms. The summed E-state index contributed by atoms with van der Waals surface area (Å²) in [7, 11) is 0. The van der Waals surface area contributed by atoms with Crippen LogP contribution in [0.5, 0.6) is 0 Å². The number of hydrogen-bond donors (Lipinski definition) is 1. The van der Waals surface area contributed by atoms with Crippen molar-refractivity contribution in [3.63, 3.8) is 0 Å². The first-order valence-electron chi connectivity index (χ1n) is 10.3. The second kappa shape index (κ2) is 8.61. The van der Waals surface area contributed by atoms with E-state index in [1.807, 2.05) is 51.1 Å². The van der Waals surface area contributed by atoms with Crippen molar-refractivity contribution in [3.05, 3.63) is 35.9 Å². The molecule has 160 valence electrons. The fraction of sp³-hybridized carbons (Fsp3) is 0.636. The lowest BCUT2D eigenvalue weighted by Gasteiger charge is -2.39. The molecule has 2 heterocycles. The molecule has 7 nitrogen and oxygen atoms in total. The van der Waals surface area contributed by atoms with Crippen LogP contribution in [0.2, 0.25) is 0 Å². The molecule has 1 atom stereocenters. The molecular formula is C22H32N2O5. The Labute approximate surface area is 172 Å². The van der Waals surface area contributed by atoms with Crippen molar-refractivity contribution in [2.45, 2.75) is 58.3 Å². The fourth-order valence-electron chi connectivity index (χ4n) is 4.20. The highest BCUT2D eigenvalue weighted by Gasteiger charge is 2.48. The predicted octanol–water partition coefficient (Wildman–Crippen LogP) is 3.41. The molecule has 1 aromatic carbocycles. The normalized spacial score (nSPS) is 21.3. The summed E-state index contributed by atoms with van der Waals surface area (Å²) in [5.41, 5.74) is 0.333. The Kier molecular flexibility index (Phi) is 6.36. The quantitative estimate of drug-likeness (QED) is 0.835. The number of carbonyl (C=O) groups excluding carboxylic acids is 2. The van der Waals surface area contributed by atoms with Crippen LogP contribution in [0.3, 0.4) is 0 Å². The van der Waals surface area contributed by atoms with Crippen molar-refractivity contribution in [3.8, 4) is 0 Å². The SMILES string of the molecule is CC(C)(C)OC(=O)N1CCC2(CC1)C[C@H](CO)N(C(=O)OCc1ccccc1)C2. The van der Waals surface area contributed by atoms with Crippen molar-refractivity contribution >= 4 is 12.2 Å². The largest absolute Gasteiger partial charge is 0.445 e. The Morgan fingerprint density at radius 3 is 2.38 bits per heavy atom. The average molecular weight is 405 g/mol. The summed E-state index contributed by atoms with van der Waals surface area (Å²) in [5.74, 6) is 0. The van der Waals surface area contributed by atoms with Crippen LogP contribution in [-0.2, 0) is 16.1 Å². The smallest absolute Gasteiger partial charge is 0.410 e. The topological polar surface area (TPSA) is 79.3 Å². The van der Waals surface area contributed by atoms with E-state index in [2.05, 4.69) is 0 Å². The van der Waals surface area contributed by atoms with Gasteiger partial charge in [-0.05, 0) is 51.0 Å². The lowest BCUT2D eigenvalue weighted by Crippen LogP contribution is -2.46. The summed E-state index contributed by atoms with van der Waals surface area (Å²) >= 11 is 0. The Hall–Kier alpha value is -2.28. The summed E-state index contributed by atoms with van der Waals surface area (Å²) in [6.45, 7) is 7.45. The van der Waals surface area contributed by atoms with Gasteiger partial charge in [0.1, 0.15) is 12.2 Å². The number of benzene rings is 1. The number of hydrogen-bond acceptors (Lipinski definition) is 5. The van der Waals surface area contributed by atoms with Gasteiger partial charge in [-0.15, -0.1) is 0 Å². The minimum Gasteiger partial charge on any atom is -0.445 e. The zero-order valence-corrected chi connectivity index (χ0v) is 17.6. The summed E-state index contributed by atoms with van der Waals surface area (Å²) in [5, 5.41) is 9.82. The number of carbonyl (C=O) groups is 2. The molecule has 29 heavy (non-hydrogen) atoms. The predicted molar refractivity (Wildman–Crippen MR) is 108 cm³/mol. The van der Waals surface area contributed by atoms with E-state index in [0.29, 0.717) is 19.6 Å². The number of likely N-dealkylation sites (tertiary alicyclic amines) is 2. The molecule has 2 aliphatic rings. The lowest BCUT2D eigenvalue weighted by molar-refractivity contribution is 0.0106. The van der Waals surface area contributed by atoms with Crippen LogP contribution in [0, 0.1) is 5.41 Å². The third kappa shape index (κ3) is 5.41. The maximum absolute atomic E-state index is 12.7. The van der Waals surface area contributed by atoms with Crippen LogP contribution >= 0.6 is 0 Å². The van der Waals surface area contributed by atoms with Gasteiger partial charge >= 0.3 is 12.2 Å². The van der Waals surface area contributed by atoms with Gasteiger partial charge in [-0.2, -0.15) is 0 Å². The molecule has 0 aliphatic carbocycles. The van der Waals surface area contributed by atoms with Crippen LogP contribution in [0.25, 0.3) is 0 Å². The van der Waals surface area contributed by atoms with Gasteiger partial charge in [-0.25, -0.2) is 9.59 Å². The number of aliphatic hydroxyl groups excluding tert-OH is 1. The van der Waals surface area contributed by atoms with E-state index in [0.717, 1.165) is 24.8 Å². The van der Waals surface area contributed by atoms with Crippen molar-refractivity contribution in [1.82, 2.24) is 9.80 Å². The molecule has 0 radical (unpaired) electrons. The Balaban J connectivity index is 1.56. The molecule has 3 rings (SSSR count). The van der Waals surface area contributed by atoms with Gasteiger partial charge in [0.05, 0.1) is 12.6 Å². The molecule has 0 bridgehead atoms. The fourth-order valence-corrected chi connectivity index (χ4v) is 4.20. The summed E-state index contributed by atoms with van der Waals surface area (Å²) in [6.07, 6.45) is 1.62. The van der Waals surface area contributed by atoms with Crippen LogP contribution in [0.1, 0.15) is 45.6 Å². The maximum Gasteiger partial charge on any atom is 0.410 e. The third-order valence-corrected chi connectivity index (χ3v) is 5.74. The van der Waals surface area contributed by atoms with E-state index in [1.165, 1.54) is 0 Å². The number of piperidine rings is 1. The third-order valence-electron chi connectivity index (χ3n) is 5.74. The highest BCUT2D eigenvalue weighted by Crippen LogP contribution is 2.43. The standard InChI is InChI=1S/C22H32N2O5/c1-21(2,3)29-19(26)23-11-9-22(10-12-23)13-18(14-25)24(16-22)20(27)28-15-17-7-5-4-6-8-17/h4-8,18,25H,9-16H2,1-3H3/t18-/m1/s1. The molecule has 7 heteroatoms. The Morgan fingerprint density at radius 1 is 1.14 bits per heavy atom. The number of amides is 2. The van der Waals surface area contributed by atoms with E-state index in [-0.39, 0.29) is 36.9 Å². The van der Waals surface area contributed by atoms with E-state index in [4.69, 9.17) is 9.47 Å². The molecule has 2 fully saturated rings. The second-order valence-corrected chi connectivity index (χ2v) is 9.18. The monoisotopic (exact) mass is 404 g/mol. The molecule has 2 amide bonds. The molecule has 2 aliphatic heterocycles. The number of ether oxygens (including phenoxy) is 2. The van der Waals surface area contributed by atoms with Gasteiger partial charge in [0.2, 0.25) is 0 Å². The van der Waals surface area contributed by atoms with Gasteiger partial charge < -0.3 is 24.4 Å². The molecule has 0 saturated carbocycles. The van der Waals surface area contributed by atoms with Gasteiger partial charge in [-0.3, -0.25) is 0 Å². The van der Waals surface area contributed by atoms with Crippen LogP contribution < -0.4 is 0 Å². The van der Waals surface area contributed by atoms with Gasteiger partial charge in [0.15, 0.2) is 0 Å². The van der Waals surface area contributed by atoms with Crippen molar-refractivity contribution in [2.24, 2.45) is 5.41 Å². The number of nitrogens with zero attached hydrogens (tertiary/aromatic N) is 2. The van der Waals surface area contributed by atoms with Crippen LogP contribution in [-0.4, -0.2) is 65.0 Å². The molecule has 0 aromatic heterocycles. The minimum absolute atomic E-state index is 0.0854. The Bertz CT molecular complexity index is 708. The minimum atomic E-state index is -0.513. The molecule has 1 N–H and O–H groups in total.